The van der Waals surface area contributed by atoms with Crippen LogP contribution in [0.2, 0.25) is 0 Å². The Kier molecular flexibility index (Phi) is 5.44. The Labute approximate surface area is 159 Å². The molecule has 0 unspecified atom stereocenters. The fourth-order valence-corrected chi connectivity index (χ4v) is 3.09. The van der Waals surface area contributed by atoms with E-state index in [0.717, 1.165) is 17.0 Å². The number of nitrogens with one attached hydrogen (secondary N) is 2. The molecule has 1 aromatic heterocycles. The lowest BCUT2D eigenvalue weighted by molar-refractivity contribution is -0.114. The maximum Gasteiger partial charge on any atom is 0.221 e. The van der Waals surface area contributed by atoms with Crippen LogP contribution >= 0.6 is 11.3 Å². The molecule has 7 nitrogen and oxygen atoms in total. The van der Waals surface area contributed by atoms with Gasteiger partial charge in [-0.25, -0.2) is 0 Å². The third kappa shape index (κ3) is 4.48. The van der Waals surface area contributed by atoms with Gasteiger partial charge in [-0.3, -0.25) is 4.79 Å². The van der Waals surface area contributed by atoms with Gasteiger partial charge in [0.05, 0.1) is 5.69 Å². The number of hydrogen-bond acceptors (Lipinski definition) is 7. The van der Waals surface area contributed by atoms with Crippen molar-refractivity contribution < 1.29 is 9.90 Å². The SMILES string of the molecule is CC(=O)Nc1ccc(N=Nc2c(Nc3ccccc3)sc(C#N)c2O)cc1. The molecule has 0 saturated heterocycles. The number of carbonyl (C=O) groups excluding carboxylic acids is 1. The lowest BCUT2D eigenvalue weighted by Crippen LogP contribution is -2.04. The van der Waals surface area contributed by atoms with Crippen LogP contribution in [0.1, 0.15) is 11.8 Å². The third-order valence-electron chi connectivity index (χ3n) is 3.44. The normalized spacial score (nSPS) is 10.5. The second kappa shape index (κ2) is 8.12. The number of nitrogens with zero attached hydrogens (tertiary/aromatic N) is 3. The van der Waals surface area contributed by atoms with E-state index in [0.29, 0.717) is 16.4 Å². The number of hydrogen-bond donors (Lipinski definition) is 3. The molecule has 2 aromatic carbocycles. The van der Waals surface area contributed by atoms with Crippen LogP contribution in [-0.2, 0) is 4.79 Å². The Hall–Kier alpha value is -3.70. The molecule has 1 heterocycles. The lowest BCUT2D eigenvalue weighted by atomic mass is 10.3. The highest BCUT2D eigenvalue weighted by atomic mass is 32.1. The average Bonchev–Trinajstić information content (AvgIpc) is 2.96. The lowest BCUT2D eigenvalue weighted by Gasteiger charge is -2.04. The van der Waals surface area contributed by atoms with Crippen molar-refractivity contribution in [2.24, 2.45) is 10.2 Å². The summed E-state index contributed by atoms with van der Waals surface area (Å²) in [6, 6.07) is 18.1. The monoisotopic (exact) mass is 377 g/mol. The van der Waals surface area contributed by atoms with Crippen molar-refractivity contribution >= 4 is 45.0 Å². The standard InChI is InChI=1S/C19H15N5O2S/c1-12(25)21-14-7-9-15(10-8-14)23-24-17-18(26)16(11-20)27-19(17)22-13-5-3-2-4-6-13/h2-10,22,26H,1H3,(H,21,25). The van der Waals surface area contributed by atoms with Crippen LogP contribution in [0.25, 0.3) is 0 Å². The predicted octanol–water partition coefficient (Wildman–Crippen LogP) is 5.44. The minimum atomic E-state index is -0.209. The van der Waals surface area contributed by atoms with Crippen molar-refractivity contribution in [1.29, 1.82) is 5.26 Å². The molecule has 3 aromatic rings. The van der Waals surface area contributed by atoms with Crippen molar-refractivity contribution in [2.75, 3.05) is 10.6 Å². The summed E-state index contributed by atoms with van der Waals surface area (Å²) in [5.41, 5.74) is 2.20. The highest BCUT2D eigenvalue weighted by Crippen LogP contribution is 2.46. The minimum absolute atomic E-state index is 0.156. The molecule has 0 atom stereocenters. The van der Waals surface area contributed by atoms with Crippen molar-refractivity contribution in [1.82, 2.24) is 0 Å². The molecule has 0 spiro atoms. The second-order valence-corrected chi connectivity index (χ2v) is 6.51. The first kappa shape index (κ1) is 18.1. The van der Waals surface area contributed by atoms with Crippen molar-refractivity contribution in [3.63, 3.8) is 0 Å². The van der Waals surface area contributed by atoms with Crippen molar-refractivity contribution in [3.8, 4) is 11.8 Å². The Morgan fingerprint density at radius 1 is 1.07 bits per heavy atom. The molecule has 0 saturated carbocycles. The summed E-state index contributed by atoms with van der Waals surface area (Å²) in [5, 5.41) is 34.0. The van der Waals surface area contributed by atoms with E-state index in [1.165, 1.54) is 6.92 Å². The van der Waals surface area contributed by atoms with Gasteiger partial charge in [0.15, 0.2) is 16.3 Å². The van der Waals surface area contributed by atoms with Crippen LogP contribution < -0.4 is 10.6 Å². The van der Waals surface area contributed by atoms with Gasteiger partial charge in [0.25, 0.3) is 0 Å². The number of carbonyl (C=O) groups is 1. The molecular weight excluding hydrogens is 362 g/mol. The Balaban J connectivity index is 1.87. The number of anilines is 3. The van der Waals surface area contributed by atoms with E-state index in [1.807, 2.05) is 36.4 Å². The van der Waals surface area contributed by atoms with Crippen LogP contribution in [0, 0.1) is 11.3 Å². The van der Waals surface area contributed by atoms with E-state index in [2.05, 4.69) is 20.9 Å². The van der Waals surface area contributed by atoms with Gasteiger partial charge in [-0.15, -0.1) is 16.5 Å². The summed E-state index contributed by atoms with van der Waals surface area (Å²) in [6.45, 7) is 1.43. The van der Waals surface area contributed by atoms with Gasteiger partial charge >= 0.3 is 0 Å². The molecule has 8 heteroatoms. The molecule has 0 bridgehead atoms. The highest BCUT2D eigenvalue weighted by molar-refractivity contribution is 7.17. The van der Waals surface area contributed by atoms with E-state index >= 15 is 0 Å². The molecule has 0 fully saturated rings. The molecule has 3 N–H and O–H groups in total. The number of aromatic hydroxyl groups is 1. The number of nitriles is 1. The Morgan fingerprint density at radius 2 is 1.78 bits per heavy atom. The van der Waals surface area contributed by atoms with Crippen LogP contribution in [0.3, 0.4) is 0 Å². The molecule has 0 aliphatic carbocycles. The number of benzene rings is 2. The zero-order valence-electron chi connectivity index (χ0n) is 14.3. The fraction of sp³-hybridized carbons (Fsp3) is 0.0526. The van der Waals surface area contributed by atoms with Crippen LogP contribution in [0.4, 0.5) is 27.8 Å². The molecule has 134 valence electrons. The first-order chi connectivity index (χ1) is 13.1. The summed E-state index contributed by atoms with van der Waals surface area (Å²) in [7, 11) is 0. The first-order valence-corrected chi connectivity index (χ1v) is 8.76. The molecule has 0 radical (unpaired) electrons. The third-order valence-corrected chi connectivity index (χ3v) is 4.43. The molecule has 0 aliphatic heterocycles. The number of rotatable bonds is 5. The number of amides is 1. The number of thiophene rings is 1. The van der Waals surface area contributed by atoms with E-state index in [1.54, 1.807) is 24.3 Å². The molecule has 27 heavy (non-hydrogen) atoms. The Bertz CT molecular complexity index is 1020. The zero-order chi connectivity index (χ0) is 19.2. The maximum absolute atomic E-state index is 11.1. The minimum Gasteiger partial charge on any atom is -0.504 e. The van der Waals surface area contributed by atoms with E-state index in [9.17, 15) is 15.2 Å². The largest absolute Gasteiger partial charge is 0.504 e. The average molecular weight is 377 g/mol. The van der Waals surface area contributed by atoms with Gasteiger partial charge in [-0.05, 0) is 36.4 Å². The first-order valence-electron chi connectivity index (χ1n) is 7.94. The quantitative estimate of drug-likeness (QED) is 0.514. The van der Waals surface area contributed by atoms with Gasteiger partial charge in [-0.1, -0.05) is 18.2 Å². The highest BCUT2D eigenvalue weighted by Gasteiger charge is 2.18. The van der Waals surface area contributed by atoms with Gasteiger partial charge in [-0.2, -0.15) is 10.4 Å². The number of para-hydroxylation sites is 1. The Morgan fingerprint density at radius 3 is 2.41 bits per heavy atom. The summed E-state index contributed by atoms with van der Waals surface area (Å²) < 4.78 is 0. The molecular formula is C19H15N5O2S. The zero-order valence-corrected chi connectivity index (χ0v) is 15.1. The topological polar surface area (TPSA) is 110 Å². The summed E-state index contributed by atoms with van der Waals surface area (Å²) >= 11 is 1.10. The number of azo groups is 1. The van der Waals surface area contributed by atoms with Gasteiger partial charge in [0, 0.05) is 18.3 Å². The fourth-order valence-electron chi connectivity index (χ4n) is 2.24. The second-order valence-electron chi connectivity index (χ2n) is 5.49. The predicted molar refractivity (Wildman–Crippen MR) is 105 cm³/mol. The van der Waals surface area contributed by atoms with Gasteiger partial charge in [0.2, 0.25) is 5.91 Å². The van der Waals surface area contributed by atoms with E-state index in [-0.39, 0.29) is 22.2 Å². The smallest absolute Gasteiger partial charge is 0.221 e. The maximum atomic E-state index is 11.1. The molecule has 0 aliphatic rings. The van der Waals surface area contributed by atoms with Crippen LogP contribution in [-0.4, -0.2) is 11.0 Å². The molecule has 3 rings (SSSR count). The van der Waals surface area contributed by atoms with Crippen molar-refractivity contribution in [2.45, 2.75) is 6.92 Å². The van der Waals surface area contributed by atoms with Gasteiger partial charge in [0.1, 0.15) is 11.1 Å². The van der Waals surface area contributed by atoms with Crippen LogP contribution in [0.15, 0.2) is 64.8 Å². The van der Waals surface area contributed by atoms with Gasteiger partial charge < -0.3 is 15.7 Å². The summed E-state index contributed by atoms with van der Waals surface area (Å²) in [6.07, 6.45) is 0. The summed E-state index contributed by atoms with van der Waals surface area (Å²) in [5.74, 6) is -0.368. The van der Waals surface area contributed by atoms with E-state index < -0.39 is 0 Å². The van der Waals surface area contributed by atoms with Crippen LogP contribution in [0.5, 0.6) is 5.75 Å². The molecule has 1 amide bonds. The summed E-state index contributed by atoms with van der Waals surface area (Å²) in [4.78, 5) is 11.2. The van der Waals surface area contributed by atoms with Crippen molar-refractivity contribution in [3.05, 3.63) is 59.5 Å². The van der Waals surface area contributed by atoms with E-state index in [4.69, 9.17) is 0 Å².